The maximum absolute atomic E-state index is 14.6. The van der Waals surface area contributed by atoms with Gasteiger partial charge >= 0.3 is 0 Å². The smallest absolute Gasteiger partial charge is 0.201 e. The second-order valence-electron chi connectivity index (χ2n) is 6.55. The maximum atomic E-state index is 14.6. The number of rotatable bonds is 5. The van der Waals surface area contributed by atoms with E-state index in [-0.39, 0.29) is 41.8 Å². The van der Waals surface area contributed by atoms with E-state index in [1.807, 2.05) is 0 Å². The fraction of sp³-hybridized carbons (Fsp3) is 0.400. The van der Waals surface area contributed by atoms with Crippen LogP contribution >= 0.6 is 0 Å². The van der Waals surface area contributed by atoms with Crippen LogP contribution in [0, 0.1) is 23.4 Å². The molecule has 0 spiro atoms. The summed E-state index contributed by atoms with van der Waals surface area (Å²) >= 11 is 0. The van der Waals surface area contributed by atoms with Gasteiger partial charge in [0.15, 0.2) is 23.1 Å². The molecule has 1 aliphatic heterocycles. The van der Waals surface area contributed by atoms with Gasteiger partial charge in [-0.15, -0.1) is 0 Å². The lowest BCUT2D eigenvalue weighted by atomic mass is 9.79. The Balaban J connectivity index is 1.62. The van der Waals surface area contributed by atoms with Gasteiger partial charge in [0.1, 0.15) is 0 Å². The van der Waals surface area contributed by atoms with Gasteiger partial charge in [-0.1, -0.05) is 0 Å². The average molecular weight is 364 g/mol. The van der Waals surface area contributed by atoms with Crippen molar-refractivity contribution in [3.63, 3.8) is 0 Å². The van der Waals surface area contributed by atoms with Gasteiger partial charge in [-0.05, 0) is 49.1 Å². The molecule has 1 heterocycles. The zero-order valence-corrected chi connectivity index (χ0v) is 14.4. The Labute approximate surface area is 149 Å². The van der Waals surface area contributed by atoms with E-state index in [2.05, 4.69) is 0 Å². The van der Waals surface area contributed by atoms with E-state index < -0.39 is 17.5 Å². The Kier molecular flexibility index (Phi) is 4.53. The van der Waals surface area contributed by atoms with E-state index >= 15 is 0 Å². The summed E-state index contributed by atoms with van der Waals surface area (Å²) in [5.41, 5.74) is 1.00. The Morgan fingerprint density at radius 2 is 1.81 bits per heavy atom. The second-order valence-corrected chi connectivity index (χ2v) is 6.55. The highest BCUT2D eigenvalue weighted by Gasteiger charge is 2.34. The molecule has 138 valence electrons. The van der Waals surface area contributed by atoms with Gasteiger partial charge in [-0.25, -0.2) is 8.78 Å². The lowest BCUT2D eigenvalue weighted by Gasteiger charge is -2.28. The van der Waals surface area contributed by atoms with Crippen LogP contribution in [0.3, 0.4) is 0 Å². The summed E-state index contributed by atoms with van der Waals surface area (Å²) in [5, 5.41) is 0. The van der Waals surface area contributed by atoms with Crippen molar-refractivity contribution < 1.29 is 27.4 Å². The standard InChI is InChI=1S/C20H19F3O3/c1-2-25-14-6-5-12-13-8-15(26-10-11-4-3-7-24-9-11)19(22)20(23)17(13)16(12)18(14)21/h5-6,8,11H,2-4,7,9-10H2,1H3. The van der Waals surface area contributed by atoms with E-state index in [0.717, 1.165) is 19.4 Å². The summed E-state index contributed by atoms with van der Waals surface area (Å²) in [4.78, 5) is 0. The first-order valence-corrected chi connectivity index (χ1v) is 8.80. The summed E-state index contributed by atoms with van der Waals surface area (Å²) in [5.74, 6) is -2.79. The zero-order valence-electron chi connectivity index (χ0n) is 14.4. The molecule has 1 fully saturated rings. The van der Waals surface area contributed by atoms with Crippen molar-refractivity contribution >= 4 is 0 Å². The fourth-order valence-corrected chi connectivity index (χ4v) is 3.54. The molecule has 26 heavy (non-hydrogen) atoms. The van der Waals surface area contributed by atoms with Crippen molar-refractivity contribution in [3.05, 3.63) is 35.7 Å². The molecule has 0 aromatic heterocycles. The molecule has 1 atom stereocenters. The second kappa shape index (κ2) is 6.83. The Bertz CT molecular complexity index is 845. The first kappa shape index (κ1) is 17.2. The number of halogens is 3. The molecule has 3 nitrogen and oxygen atoms in total. The summed E-state index contributed by atoms with van der Waals surface area (Å²) in [7, 11) is 0. The molecule has 2 aliphatic rings. The van der Waals surface area contributed by atoms with Crippen LogP contribution in [0.25, 0.3) is 22.3 Å². The third kappa shape index (κ3) is 2.72. The summed E-state index contributed by atoms with van der Waals surface area (Å²) < 4.78 is 59.6. The summed E-state index contributed by atoms with van der Waals surface area (Å²) in [6.07, 6.45) is 1.87. The molecule has 0 radical (unpaired) electrons. The maximum Gasteiger partial charge on any atom is 0.201 e. The molecule has 0 N–H and O–H groups in total. The lowest BCUT2D eigenvalue weighted by molar-refractivity contribution is 0.0344. The van der Waals surface area contributed by atoms with Gasteiger partial charge in [0.25, 0.3) is 0 Å². The molecular formula is C20H19F3O3. The van der Waals surface area contributed by atoms with Gasteiger partial charge in [-0.3, -0.25) is 0 Å². The molecule has 2 aromatic rings. The van der Waals surface area contributed by atoms with Crippen LogP contribution in [-0.2, 0) is 4.74 Å². The van der Waals surface area contributed by atoms with E-state index in [1.54, 1.807) is 13.0 Å². The molecule has 4 rings (SSSR count). The summed E-state index contributed by atoms with van der Waals surface area (Å²) in [6, 6.07) is 4.60. The molecule has 1 saturated heterocycles. The minimum absolute atomic E-state index is 0.0364. The lowest BCUT2D eigenvalue weighted by Crippen LogP contribution is -2.23. The predicted molar refractivity (Wildman–Crippen MR) is 91.0 cm³/mol. The molecule has 0 saturated carbocycles. The van der Waals surface area contributed by atoms with Crippen LogP contribution < -0.4 is 9.47 Å². The highest BCUT2D eigenvalue weighted by molar-refractivity contribution is 6.04. The Hall–Kier alpha value is -2.21. The van der Waals surface area contributed by atoms with Crippen LogP contribution in [0.1, 0.15) is 19.8 Å². The van der Waals surface area contributed by atoms with Gasteiger partial charge < -0.3 is 14.2 Å². The highest BCUT2D eigenvalue weighted by atomic mass is 19.2. The quantitative estimate of drug-likeness (QED) is 0.641. The van der Waals surface area contributed by atoms with Crippen molar-refractivity contribution in [1.82, 2.24) is 0 Å². The first-order chi connectivity index (χ1) is 12.6. The van der Waals surface area contributed by atoms with Crippen LogP contribution in [0.4, 0.5) is 13.2 Å². The summed E-state index contributed by atoms with van der Waals surface area (Å²) in [6.45, 7) is 3.57. The number of hydrogen-bond acceptors (Lipinski definition) is 3. The van der Waals surface area contributed by atoms with Gasteiger partial charge in [0.2, 0.25) is 5.82 Å². The number of fused-ring (bicyclic) bond motifs is 4. The number of hydrogen-bond donors (Lipinski definition) is 0. The third-order valence-corrected chi connectivity index (χ3v) is 4.85. The van der Waals surface area contributed by atoms with Gasteiger partial charge in [-0.2, -0.15) is 4.39 Å². The fourth-order valence-electron chi connectivity index (χ4n) is 3.54. The zero-order chi connectivity index (χ0) is 18.3. The largest absolute Gasteiger partial charge is 0.491 e. The minimum atomic E-state index is -1.09. The van der Waals surface area contributed by atoms with Crippen molar-refractivity contribution in [3.8, 4) is 33.8 Å². The van der Waals surface area contributed by atoms with Crippen molar-refractivity contribution in [2.45, 2.75) is 19.8 Å². The Morgan fingerprint density at radius 3 is 2.54 bits per heavy atom. The molecular weight excluding hydrogens is 345 g/mol. The van der Waals surface area contributed by atoms with Crippen molar-refractivity contribution in [1.29, 1.82) is 0 Å². The predicted octanol–water partition coefficient (Wildman–Crippen LogP) is 4.96. The SMILES string of the molecule is CCOc1ccc2c(c1F)-c1c-2cc(OCC2CCCOC2)c(F)c1F. The topological polar surface area (TPSA) is 27.7 Å². The van der Waals surface area contributed by atoms with Gasteiger partial charge in [0, 0.05) is 23.7 Å². The van der Waals surface area contributed by atoms with Crippen molar-refractivity contribution in [2.24, 2.45) is 5.92 Å². The molecule has 0 amide bonds. The molecule has 6 heteroatoms. The van der Waals surface area contributed by atoms with Crippen molar-refractivity contribution in [2.75, 3.05) is 26.4 Å². The van der Waals surface area contributed by atoms with Crippen LogP contribution in [0.15, 0.2) is 18.2 Å². The molecule has 1 unspecified atom stereocenters. The third-order valence-electron chi connectivity index (χ3n) is 4.85. The molecule has 0 bridgehead atoms. The minimum Gasteiger partial charge on any atom is -0.491 e. The van der Waals surface area contributed by atoms with E-state index in [0.29, 0.717) is 17.7 Å². The highest BCUT2D eigenvalue weighted by Crippen LogP contribution is 2.53. The van der Waals surface area contributed by atoms with E-state index in [9.17, 15) is 13.2 Å². The Morgan fingerprint density at radius 1 is 1.00 bits per heavy atom. The van der Waals surface area contributed by atoms with Crippen LogP contribution in [-0.4, -0.2) is 26.4 Å². The van der Waals surface area contributed by atoms with E-state index in [1.165, 1.54) is 12.1 Å². The first-order valence-electron chi connectivity index (χ1n) is 8.80. The number of benzene rings is 2. The monoisotopic (exact) mass is 364 g/mol. The van der Waals surface area contributed by atoms with E-state index in [4.69, 9.17) is 14.2 Å². The average Bonchev–Trinajstić information content (AvgIpc) is 2.64. The molecule has 2 aromatic carbocycles. The number of ether oxygens (including phenoxy) is 3. The normalized spacial score (nSPS) is 17.9. The van der Waals surface area contributed by atoms with Crippen LogP contribution in [0.2, 0.25) is 0 Å². The van der Waals surface area contributed by atoms with Gasteiger partial charge in [0.05, 0.1) is 19.8 Å². The molecule has 1 aliphatic carbocycles. The van der Waals surface area contributed by atoms with Crippen LogP contribution in [0.5, 0.6) is 11.5 Å².